The molecule has 0 spiro atoms. The summed E-state index contributed by atoms with van der Waals surface area (Å²) in [6.07, 6.45) is 7.13. The number of fused-ring (bicyclic) bond motifs is 2. The van der Waals surface area contributed by atoms with Crippen molar-refractivity contribution in [1.82, 2.24) is 0 Å². The first-order chi connectivity index (χ1) is 9.70. The third-order valence-corrected chi connectivity index (χ3v) is 5.27. The molecule has 2 aliphatic carbocycles. The molecule has 0 saturated carbocycles. The van der Waals surface area contributed by atoms with Crippen LogP contribution in [-0.4, -0.2) is 10.9 Å². The minimum absolute atomic E-state index is 0.653. The van der Waals surface area contributed by atoms with Gasteiger partial charge in [0.05, 0.1) is 0 Å². The number of aryl methyl sites for hydroxylation is 1. The predicted octanol–water partition coefficient (Wildman–Crippen LogP) is 4.01. The fraction of sp³-hybridized carbons (Fsp3) is 0.222. The summed E-state index contributed by atoms with van der Waals surface area (Å²) in [4.78, 5) is 0. The Hall–Kier alpha value is -1.51. The van der Waals surface area contributed by atoms with Crippen LogP contribution in [0.5, 0.6) is 0 Å². The largest absolute Gasteiger partial charge is 0.380 e. The Morgan fingerprint density at radius 2 is 2.10 bits per heavy atom. The third-order valence-electron chi connectivity index (χ3n) is 4.39. The number of aliphatic hydroxyl groups is 1. The molecule has 1 heterocycles. The van der Waals surface area contributed by atoms with Gasteiger partial charge in [0.15, 0.2) is 0 Å². The van der Waals surface area contributed by atoms with Gasteiger partial charge in [0, 0.05) is 17.7 Å². The highest BCUT2D eigenvalue weighted by Gasteiger charge is 2.42. The molecule has 0 radical (unpaired) electrons. The summed E-state index contributed by atoms with van der Waals surface area (Å²) in [5.74, 6) is 1.03. The second-order valence-corrected chi connectivity index (χ2v) is 6.48. The highest BCUT2D eigenvalue weighted by Crippen LogP contribution is 2.51. The summed E-state index contributed by atoms with van der Waals surface area (Å²) in [5.41, 5.74) is 6.20. The highest BCUT2D eigenvalue weighted by molar-refractivity contribution is 8.02. The molecule has 3 aliphatic rings. The Kier molecular flexibility index (Phi) is 2.60. The van der Waals surface area contributed by atoms with Gasteiger partial charge in [-0.15, -0.1) is 11.8 Å². The van der Waals surface area contributed by atoms with Crippen LogP contribution in [0.3, 0.4) is 0 Å². The van der Waals surface area contributed by atoms with Crippen LogP contribution >= 0.6 is 11.8 Å². The quantitative estimate of drug-likeness (QED) is 0.838. The van der Waals surface area contributed by atoms with Gasteiger partial charge in [-0.05, 0) is 46.3 Å². The molecule has 1 aliphatic heterocycles. The van der Waals surface area contributed by atoms with E-state index in [4.69, 9.17) is 0 Å². The Balaban J connectivity index is 1.92. The molecule has 2 heteroatoms. The molecule has 1 aromatic rings. The van der Waals surface area contributed by atoms with Gasteiger partial charge in [0.1, 0.15) is 5.60 Å². The van der Waals surface area contributed by atoms with E-state index in [-0.39, 0.29) is 0 Å². The minimum atomic E-state index is -0.885. The van der Waals surface area contributed by atoms with E-state index < -0.39 is 5.60 Å². The van der Waals surface area contributed by atoms with Gasteiger partial charge in [0.2, 0.25) is 0 Å². The fourth-order valence-electron chi connectivity index (χ4n) is 3.46. The van der Waals surface area contributed by atoms with Crippen LogP contribution in [0.15, 0.2) is 70.2 Å². The molecular formula is C18H16OS. The van der Waals surface area contributed by atoms with Gasteiger partial charge in [0.25, 0.3) is 0 Å². The van der Waals surface area contributed by atoms with E-state index in [1.165, 1.54) is 16.7 Å². The summed E-state index contributed by atoms with van der Waals surface area (Å²) in [6, 6.07) is 8.17. The highest BCUT2D eigenvalue weighted by atomic mass is 32.2. The standard InChI is InChI=1S/C18H16OS/c1-12-5-2-3-7-16(12)18(19)8-4-6-13-9-14-10-20-11-15(14)17(13)18/h2-7,9,11,19H,8,10H2,1H3. The number of allylic oxidation sites excluding steroid dienone is 3. The maximum atomic E-state index is 11.4. The Morgan fingerprint density at radius 3 is 2.95 bits per heavy atom. The molecule has 0 amide bonds. The van der Waals surface area contributed by atoms with E-state index in [2.05, 4.69) is 42.7 Å². The lowest BCUT2D eigenvalue weighted by molar-refractivity contribution is 0.0798. The van der Waals surface area contributed by atoms with Crippen LogP contribution < -0.4 is 0 Å². The van der Waals surface area contributed by atoms with Crippen molar-refractivity contribution >= 4 is 11.8 Å². The minimum Gasteiger partial charge on any atom is -0.380 e. The Morgan fingerprint density at radius 1 is 1.25 bits per heavy atom. The van der Waals surface area contributed by atoms with Crippen LogP contribution in [0.25, 0.3) is 0 Å². The van der Waals surface area contributed by atoms with Crippen LogP contribution in [0.2, 0.25) is 0 Å². The molecular weight excluding hydrogens is 264 g/mol. The van der Waals surface area contributed by atoms with Crippen molar-refractivity contribution < 1.29 is 5.11 Å². The molecule has 1 aromatic carbocycles. The normalized spacial score (nSPS) is 27.3. The predicted molar refractivity (Wildman–Crippen MR) is 84.5 cm³/mol. The van der Waals surface area contributed by atoms with Crippen LogP contribution in [0.4, 0.5) is 0 Å². The average molecular weight is 280 g/mol. The molecule has 0 fully saturated rings. The Labute approximate surface area is 123 Å². The molecule has 1 N–H and O–H groups in total. The van der Waals surface area contributed by atoms with Crippen LogP contribution in [0, 0.1) is 6.92 Å². The molecule has 100 valence electrons. The number of hydrogen-bond donors (Lipinski definition) is 1. The molecule has 0 aromatic heterocycles. The molecule has 1 unspecified atom stereocenters. The maximum absolute atomic E-state index is 11.4. The van der Waals surface area contributed by atoms with Gasteiger partial charge in [-0.3, -0.25) is 0 Å². The fourth-order valence-corrected chi connectivity index (χ4v) is 4.39. The van der Waals surface area contributed by atoms with Crippen molar-refractivity contribution in [2.24, 2.45) is 0 Å². The van der Waals surface area contributed by atoms with Crippen LogP contribution in [0.1, 0.15) is 17.5 Å². The number of thioether (sulfide) groups is 1. The smallest absolute Gasteiger partial charge is 0.119 e. The zero-order valence-electron chi connectivity index (χ0n) is 11.4. The lowest BCUT2D eigenvalue weighted by atomic mass is 9.75. The second-order valence-electron chi connectivity index (χ2n) is 5.62. The van der Waals surface area contributed by atoms with Gasteiger partial charge >= 0.3 is 0 Å². The molecule has 20 heavy (non-hydrogen) atoms. The lowest BCUT2D eigenvalue weighted by Gasteiger charge is -2.34. The van der Waals surface area contributed by atoms with E-state index in [9.17, 15) is 5.11 Å². The van der Waals surface area contributed by atoms with Crippen LogP contribution in [-0.2, 0) is 5.60 Å². The number of rotatable bonds is 1. The lowest BCUT2D eigenvalue weighted by Crippen LogP contribution is -2.31. The van der Waals surface area contributed by atoms with Crippen molar-refractivity contribution in [1.29, 1.82) is 0 Å². The zero-order chi connectivity index (χ0) is 13.7. The molecule has 4 rings (SSSR count). The zero-order valence-corrected chi connectivity index (χ0v) is 12.2. The summed E-state index contributed by atoms with van der Waals surface area (Å²) in [7, 11) is 0. The molecule has 1 atom stereocenters. The van der Waals surface area contributed by atoms with E-state index in [1.54, 1.807) is 0 Å². The molecule has 1 nitrogen and oxygen atoms in total. The van der Waals surface area contributed by atoms with Crippen molar-refractivity contribution in [2.75, 3.05) is 5.75 Å². The van der Waals surface area contributed by atoms with E-state index in [0.717, 1.165) is 22.5 Å². The van der Waals surface area contributed by atoms with Gasteiger partial charge in [-0.2, -0.15) is 0 Å². The SMILES string of the molecule is Cc1ccccc1C1(O)CC=CC2=C1C1=CSCC1=C2. The van der Waals surface area contributed by atoms with Gasteiger partial charge in [-0.25, -0.2) is 0 Å². The number of benzene rings is 1. The summed E-state index contributed by atoms with van der Waals surface area (Å²) >= 11 is 1.82. The maximum Gasteiger partial charge on any atom is 0.119 e. The first-order valence-corrected chi connectivity index (χ1v) is 7.98. The second kappa shape index (κ2) is 4.24. The molecule has 0 bridgehead atoms. The topological polar surface area (TPSA) is 20.2 Å². The van der Waals surface area contributed by atoms with Crippen molar-refractivity contribution in [3.8, 4) is 0 Å². The van der Waals surface area contributed by atoms with Gasteiger partial charge in [-0.1, -0.05) is 36.4 Å². The van der Waals surface area contributed by atoms with Crippen molar-refractivity contribution in [2.45, 2.75) is 18.9 Å². The number of hydrogen-bond acceptors (Lipinski definition) is 2. The van der Waals surface area contributed by atoms with E-state index in [1.807, 2.05) is 23.9 Å². The van der Waals surface area contributed by atoms with Crippen molar-refractivity contribution in [3.63, 3.8) is 0 Å². The average Bonchev–Trinajstić information content (AvgIpc) is 2.99. The van der Waals surface area contributed by atoms with Gasteiger partial charge < -0.3 is 5.11 Å². The van der Waals surface area contributed by atoms with E-state index in [0.29, 0.717) is 6.42 Å². The third kappa shape index (κ3) is 1.55. The van der Waals surface area contributed by atoms with Crippen molar-refractivity contribution in [3.05, 3.63) is 81.3 Å². The summed E-state index contributed by atoms with van der Waals surface area (Å²) in [6.45, 7) is 2.08. The summed E-state index contributed by atoms with van der Waals surface area (Å²) in [5, 5.41) is 13.7. The summed E-state index contributed by atoms with van der Waals surface area (Å²) < 4.78 is 0. The monoisotopic (exact) mass is 280 g/mol. The first kappa shape index (κ1) is 12.2. The van der Waals surface area contributed by atoms with E-state index >= 15 is 0 Å². The Bertz CT molecular complexity index is 721. The first-order valence-electron chi connectivity index (χ1n) is 6.93. The molecule has 0 saturated heterocycles.